The van der Waals surface area contributed by atoms with Crippen LogP contribution in [0.3, 0.4) is 0 Å². The van der Waals surface area contributed by atoms with Gasteiger partial charge in [0.1, 0.15) is 17.8 Å². The molecule has 3 aliphatic heterocycles. The minimum Gasteiger partial charge on any atom is -0.468 e. The summed E-state index contributed by atoms with van der Waals surface area (Å²) in [4.78, 5) is 44.8. The molecule has 3 saturated heterocycles. The largest absolute Gasteiger partial charge is 0.468 e. The molecule has 0 bridgehead atoms. The van der Waals surface area contributed by atoms with Gasteiger partial charge in [-0.2, -0.15) is 0 Å². The van der Waals surface area contributed by atoms with Gasteiger partial charge in [0.15, 0.2) is 0 Å². The second-order valence-electron chi connectivity index (χ2n) is 7.53. The fraction of sp³-hybridized carbons (Fsp3) is 0.450. The second kappa shape index (κ2) is 7.53. The number of nitrogens with zero attached hydrogens (tertiary/aromatic N) is 3. The summed E-state index contributed by atoms with van der Waals surface area (Å²) in [6.07, 6.45) is 2.33. The third-order valence-electron chi connectivity index (χ3n) is 5.84. The number of carbonyl (C=O) groups excluding carboxylic acids is 3. The summed E-state index contributed by atoms with van der Waals surface area (Å²) >= 11 is 3.13. The van der Waals surface area contributed by atoms with Gasteiger partial charge in [0.25, 0.3) is 5.91 Å². The quantitative estimate of drug-likeness (QED) is 0.739. The third kappa shape index (κ3) is 3.36. The van der Waals surface area contributed by atoms with Crippen LogP contribution in [0, 0.1) is 0 Å². The SMILES string of the molecule is O=C(c1cccs1)N1CCN2C(=O)[C@H]3C[C@@H](SCc4ccco4)CN3C(=O)[C@H]2C1. The number of thiophene rings is 1. The van der Waals surface area contributed by atoms with Crippen LogP contribution in [-0.4, -0.2) is 75.9 Å². The van der Waals surface area contributed by atoms with E-state index in [9.17, 15) is 14.4 Å². The second-order valence-corrected chi connectivity index (χ2v) is 9.77. The molecule has 5 rings (SSSR count). The van der Waals surface area contributed by atoms with Gasteiger partial charge in [-0.25, -0.2) is 0 Å². The van der Waals surface area contributed by atoms with E-state index in [1.54, 1.807) is 38.8 Å². The Morgan fingerprint density at radius 1 is 1.10 bits per heavy atom. The van der Waals surface area contributed by atoms with E-state index in [-0.39, 0.29) is 35.6 Å². The van der Waals surface area contributed by atoms with E-state index < -0.39 is 6.04 Å². The zero-order valence-electron chi connectivity index (χ0n) is 15.7. The first-order valence-electron chi connectivity index (χ1n) is 9.69. The van der Waals surface area contributed by atoms with Crippen LogP contribution < -0.4 is 0 Å². The predicted octanol–water partition coefficient (Wildman–Crippen LogP) is 1.91. The van der Waals surface area contributed by atoms with Gasteiger partial charge in [0, 0.05) is 24.9 Å². The van der Waals surface area contributed by atoms with E-state index in [2.05, 4.69) is 0 Å². The highest BCUT2D eigenvalue weighted by Gasteiger charge is 2.52. The van der Waals surface area contributed by atoms with E-state index in [4.69, 9.17) is 4.42 Å². The normalized spacial score (nSPS) is 26.6. The molecular weight excluding hydrogens is 410 g/mol. The summed E-state index contributed by atoms with van der Waals surface area (Å²) in [5.41, 5.74) is 0. The van der Waals surface area contributed by atoms with Crippen LogP contribution >= 0.6 is 23.1 Å². The number of hydrogen-bond acceptors (Lipinski definition) is 6. The smallest absolute Gasteiger partial charge is 0.264 e. The summed E-state index contributed by atoms with van der Waals surface area (Å²) in [5, 5.41) is 2.08. The number of piperazine rings is 2. The Labute approximate surface area is 176 Å². The molecule has 0 radical (unpaired) electrons. The molecule has 0 spiro atoms. The lowest BCUT2D eigenvalue weighted by molar-refractivity contribution is -0.162. The number of fused-ring (bicyclic) bond motifs is 2. The monoisotopic (exact) mass is 431 g/mol. The van der Waals surface area contributed by atoms with Crippen molar-refractivity contribution in [1.82, 2.24) is 14.7 Å². The maximum atomic E-state index is 13.2. The van der Waals surface area contributed by atoms with Gasteiger partial charge in [-0.15, -0.1) is 23.1 Å². The zero-order chi connectivity index (χ0) is 20.0. The highest BCUT2D eigenvalue weighted by atomic mass is 32.2. The van der Waals surface area contributed by atoms with Crippen LogP contribution in [0.2, 0.25) is 0 Å². The molecule has 29 heavy (non-hydrogen) atoms. The van der Waals surface area contributed by atoms with Crippen LogP contribution in [0.15, 0.2) is 40.3 Å². The first-order chi connectivity index (χ1) is 14.1. The highest BCUT2D eigenvalue weighted by Crippen LogP contribution is 2.35. The number of furan rings is 1. The van der Waals surface area contributed by atoms with Crippen LogP contribution in [0.25, 0.3) is 0 Å². The fourth-order valence-corrected chi connectivity index (χ4v) is 6.21. The lowest BCUT2D eigenvalue weighted by Gasteiger charge is -2.47. The van der Waals surface area contributed by atoms with E-state index >= 15 is 0 Å². The minimum absolute atomic E-state index is 0.0268. The lowest BCUT2D eigenvalue weighted by atomic mass is 10.0. The first kappa shape index (κ1) is 18.7. The Kier molecular flexibility index (Phi) is 4.87. The van der Waals surface area contributed by atoms with Gasteiger partial charge in [0.2, 0.25) is 11.8 Å². The van der Waals surface area contributed by atoms with Gasteiger partial charge in [-0.05, 0) is 30.0 Å². The van der Waals surface area contributed by atoms with Crippen molar-refractivity contribution in [2.24, 2.45) is 0 Å². The molecule has 0 aliphatic carbocycles. The predicted molar refractivity (Wildman–Crippen MR) is 110 cm³/mol. The number of rotatable bonds is 4. The number of thioether (sulfide) groups is 1. The molecule has 9 heteroatoms. The third-order valence-corrected chi connectivity index (χ3v) is 7.96. The Morgan fingerprint density at radius 3 is 2.72 bits per heavy atom. The van der Waals surface area contributed by atoms with Crippen molar-refractivity contribution >= 4 is 40.8 Å². The van der Waals surface area contributed by atoms with Crippen molar-refractivity contribution in [2.45, 2.75) is 29.5 Å². The van der Waals surface area contributed by atoms with Crippen molar-refractivity contribution in [3.8, 4) is 0 Å². The number of carbonyl (C=O) groups is 3. The summed E-state index contributed by atoms with van der Waals surface area (Å²) in [6, 6.07) is 6.51. The summed E-state index contributed by atoms with van der Waals surface area (Å²) in [5.74, 6) is 1.57. The molecule has 3 atom stereocenters. The van der Waals surface area contributed by atoms with Crippen molar-refractivity contribution in [2.75, 3.05) is 26.2 Å². The van der Waals surface area contributed by atoms with E-state index in [1.165, 1.54) is 11.3 Å². The molecule has 7 nitrogen and oxygen atoms in total. The fourth-order valence-electron chi connectivity index (χ4n) is 4.37. The van der Waals surface area contributed by atoms with Crippen molar-refractivity contribution in [1.29, 1.82) is 0 Å². The Balaban J connectivity index is 1.27. The lowest BCUT2D eigenvalue weighted by Crippen LogP contribution is -2.69. The van der Waals surface area contributed by atoms with Gasteiger partial charge < -0.3 is 19.1 Å². The minimum atomic E-state index is -0.565. The first-order valence-corrected chi connectivity index (χ1v) is 11.6. The molecule has 3 fully saturated rings. The molecule has 5 heterocycles. The molecule has 3 aliphatic rings. The number of amides is 3. The van der Waals surface area contributed by atoms with Gasteiger partial charge in [-0.1, -0.05) is 6.07 Å². The average molecular weight is 432 g/mol. The molecular formula is C20H21N3O4S2. The highest BCUT2D eigenvalue weighted by molar-refractivity contribution is 7.99. The van der Waals surface area contributed by atoms with Crippen molar-refractivity contribution < 1.29 is 18.8 Å². The van der Waals surface area contributed by atoms with Gasteiger partial charge in [-0.3, -0.25) is 14.4 Å². The van der Waals surface area contributed by atoms with Crippen LogP contribution in [0.4, 0.5) is 0 Å². The Bertz CT molecular complexity index is 914. The molecule has 0 N–H and O–H groups in total. The van der Waals surface area contributed by atoms with Gasteiger partial charge in [0.05, 0.1) is 23.4 Å². The van der Waals surface area contributed by atoms with E-state index in [1.807, 2.05) is 23.6 Å². The topological polar surface area (TPSA) is 74.1 Å². The van der Waals surface area contributed by atoms with Gasteiger partial charge >= 0.3 is 0 Å². The molecule has 0 unspecified atom stereocenters. The van der Waals surface area contributed by atoms with E-state index in [0.29, 0.717) is 30.9 Å². The summed E-state index contributed by atoms with van der Waals surface area (Å²) < 4.78 is 5.38. The summed E-state index contributed by atoms with van der Waals surface area (Å²) in [7, 11) is 0. The Hall–Kier alpha value is -2.26. The molecule has 2 aromatic heterocycles. The number of hydrogen-bond donors (Lipinski definition) is 0. The van der Waals surface area contributed by atoms with E-state index in [0.717, 1.165) is 11.5 Å². The van der Waals surface area contributed by atoms with Crippen LogP contribution in [0.1, 0.15) is 21.9 Å². The molecule has 0 aromatic carbocycles. The molecule has 3 amide bonds. The van der Waals surface area contributed by atoms with Crippen LogP contribution in [0.5, 0.6) is 0 Å². The molecule has 152 valence electrons. The maximum Gasteiger partial charge on any atom is 0.264 e. The molecule has 2 aromatic rings. The zero-order valence-corrected chi connectivity index (χ0v) is 17.4. The molecule has 0 saturated carbocycles. The Morgan fingerprint density at radius 2 is 1.97 bits per heavy atom. The van der Waals surface area contributed by atoms with Crippen molar-refractivity contribution in [3.63, 3.8) is 0 Å². The summed E-state index contributed by atoms with van der Waals surface area (Å²) in [6.45, 7) is 1.73. The van der Waals surface area contributed by atoms with Crippen molar-refractivity contribution in [3.05, 3.63) is 46.5 Å². The van der Waals surface area contributed by atoms with Crippen LogP contribution in [-0.2, 0) is 15.3 Å². The average Bonchev–Trinajstić information content (AvgIpc) is 3.50. The standard InChI is InChI=1S/C20H21N3O4S2/c24-18-15-9-14(29-12-13-3-1-7-27-13)10-23(15)19(25)16-11-21(5-6-22(16)18)20(26)17-4-2-8-28-17/h1-4,7-8,14-16H,5-6,9-12H2/t14-,15-,16-/m1/s1. The maximum absolute atomic E-state index is 13.2.